The first-order valence-corrected chi connectivity index (χ1v) is 51.6. The van der Waals surface area contributed by atoms with Crippen LogP contribution in [0.1, 0.15) is 0 Å². The number of rotatable bonds is 10. The molecule has 0 saturated heterocycles. The molecule has 0 aliphatic rings. The SMILES string of the molecule is O=P(c1ccccc1)(c1ccccc1)c1ccc(-c2ccc3c(c2)c2ccc4ccccc4c2c2nc4ccccc4n32)cc1.c1cc(-c2ccc3c(c2)c2ccc4ccccc4c2c2nc4ccccc4n32)cc(-c2cc3c4ccccc4c4ccccc4c3c3ccccc23)c1.c1ccc(-c2nc(-c3ccccc3)nc(-c3ccc(-c4ccc5c(c4)c4ccc6ccccc6c4c4nc6ccccc6n54)cc3)n2)cc1. The minimum absolute atomic E-state index is 0.644. The van der Waals surface area contributed by atoms with Crippen molar-refractivity contribution in [3.63, 3.8) is 0 Å². The van der Waals surface area contributed by atoms with Crippen LogP contribution in [0, 0.1) is 0 Å². The van der Waals surface area contributed by atoms with Crippen molar-refractivity contribution < 1.29 is 4.57 Å². The Bertz CT molecular complexity index is 10800. The van der Waals surface area contributed by atoms with Crippen molar-refractivity contribution in [3.05, 3.63) is 510 Å². The van der Waals surface area contributed by atoms with Crippen molar-refractivity contribution in [2.75, 3.05) is 0 Å². The molecule has 0 spiro atoms. The van der Waals surface area contributed by atoms with Gasteiger partial charge in [-0.25, -0.2) is 29.9 Å². The molecule has 31 rings (SSSR count). The fourth-order valence-corrected chi connectivity index (χ4v) is 25.8. The molecule has 0 N–H and O–H groups in total. The van der Waals surface area contributed by atoms with Crippen LogP contribution in [0.25, 0.3) is 269 Å². The van der Waals surface area contributed by atoms with Gasteiger partial charge in [0.25, 0.3) is 0 Å². The second-order valence-electron chi connectivity index (χ2n) is 38.1. The van der Waals surface area contributed by atoms with Crippen molar-refractivity contribution >= 4 is 214 Å². The smallest absolute Gasteiger partial charge is 0.171 e. The lowest BCUT2D eigenvalue weighted by atomic mass is 9.87. The normalized spacial score (nSPS) is 12.0. The molecule has 0 fully saturated rings. The maximum absolute atomic E-state index is 14.9. The summed E-state index contributed by atoms with van der Waals surface area (Å²) in [5.41, 5.74) is 24.9. The third-order valence-corrected chi connectivity index (χ3v) is 33.0. The van der Waals surface area contributed by atoms with Gasteiger partial charge in [-0.2, -0.15) is 0 Å². The number of pyridine rings is 3. The third-order valence-electron chi connectivity index (χ3n) is 30.0. The van der Waals surface area contributed by atoms with E-state index in [4.69, 9.17) is 29.9 Å². The molecule has 24 aromatic carbocycles. The van der Waals surface area contributed by atoms with Gasteiger partial charge in [0.2, 0.25) is 0 Å². The predicted molar refractivity (Wildman–Crippen MR) is 617 cm³/mol. The molecule has 0 unspecified atom stereocenters. The summed E-state index contributed by atoms with van der Waals surface area (Å²) in [7, 11) is -3.04. The number of para-hydroxylation sites is 6. The molecule has 11 heteroatoms. The maximum atomic E-state index is 14.9. The Morgan fingerprint density at radius 1 is 0.156 bits per heavy atom. The molecule has 0 amide bonds. The largest absolute Gasteiger partial charge is 0.309 e. The molecule has 0 aliphatic carbocycles. The zero-order valence-electron chi connectivity index (χ0n) is 79.4. The number of aromatic nitrogens is 9. The van der Waals surface area contributed by atoms with Crippen molar-refractivity contribution in [1.29, 1.82) is 0 Å². The van der Waals surface area contributed by atoms with Gasteiger partial charge in [-0.15, -0.1) is 0 Å². The quantitative estimate of drug-likeness (QED) is 0.0991. The number of imidazole rings is 3. The molecule has 0 bridgehead atoms. The van der Waals surface area contributed by atoms with Gasteiger partial charge in [-0.05, 0) is 221 Å². The average molecular weight is 1890 g/mol. The van der Waals surface area contributed by atoms with Gasteiger partial charge >= 0.3 is 0 Å². The van der Waals surface area contributed by atoms with E-state index in [1.807, 2.05) is 140 Å². The zero-order chi connectivity index (χ0) is 96.9. The number of fused-ring (bicyclic) bond motifs is 38. The summed E-state index contributed by atoms with van der Waals surface area (Å²) in [4.78, 5) is 30.2. The first kappa shape index (κ1) is 84.6. The lowest BCUT2D eigenvalue weighted by molar-refractivity contribution is 0.592. The van der Waals surface area contributed by atoms with Gasteiger partial charge in [-0.3, -0.25) is 13.2 Å². The fourth-order valence-electron chi connectivity index (χ4n) is 23.1. The molecule has 684 valence electrons. The predicted octanol–water partition coefficient (Wildman–Crippen LogP) is 33.9. The van der Waals surface area contributed by atoms with Crippen LogP contribution in [-0.2, 0) is 4.57 Å². The van der Waals surface area contributed by atoms with Gasteiger partial charge in [0.05, 0.1) is 49.7 Å². The van der Waals surface area contributed by atoms with E-state index in [2.05, 4.69) is 383 Å². The van der Waals surface area contributed by atoms with Gasteiger partial charge < -0.3 is 4.57 Å². The highest BCUT2D eigenvalue weighted by atomic mass is 31.2. The summed E-state index contributed by atoms with van der Waals surface area (Å²) >= 11 is 0. The highest BCUT2D eigenvalue weighted by Crippen LogP contribution is 2.49. The van der Waals surface area contributed by atoms with Crippen molar-refractivity contribution in [2.24, 2.45) is 0 Å². The van der Waals surface area contributed by atoms with E-state index >= 15 is 0 Å². The first-order valence-electron chi connectivity index (χ1n) is 49.9. The van der Waals surface area contributed by atoms with Crippen LogP contribution in [-0.4, -0.2) is 43.1 Å². The molecule has 0 aliphatic heterocycles. The van der Waals surface area contributed by atoms with E-state index < -0.39 is 7.14 Å². The number of benzene rings is 24. The maximum Gasteiger partial charge on any atom is 0.171 e. The summed E-state index contributed by atoms with van der Waals surface area (Å²) in [5, 5.41) is 30.8. The highest BCUT2D eigenvalue weighted by Gasteiger charge is 2.31. The van der Waals surface area contributed by atoms with Crippen LogP contribution in [0.2, 0.25) is 0 Å². The highest BCUT2D eigenvalue weighted by molar-refractivity contribution is 7.85. The first-order chi connectivity index (χ1) is 72.8. The molecular formula is C136H84N9OP. The Kier molecular flexibility index (Phi) is 19.7. The molecular weight excluding hydrogens is 1810 g/mol. The Morgan fingerprint density at radius 2 is 0.435 bits per heavy atom. The second kappa shape index (κ2) is 34.3. The van der Waals surface area contributed by atoms with Crippen LogP contribution in [0.15, 0.2) is 510 Å². The van der Waals surface area contributed by atoms with E-state index in [9.17, 15) is 4.57 Å². The minimum atomic E-state index is -3.04. The molecule has 31 aromatic rings. The lowest BCUT2D eigenvalue weighted by Crippen LogP contribution is -2.24. The van der Waals surface area contributed by atoms with Crippen LogP contribution >= 0.6 is 7.14 Å². The number of hydrogen-bond donors (Lipinski definition) is 0. The Balaban J connectivity index is 0.000000105. The second-order valence-corrected chi connectivity index (χ2v) is 40.9. The molecule has 10 nitrogen and oxygen atoms in total. The van der Waals surface area contributed by atoms with Gasteiger partial charge in [0.15, 0.2) is 24.6 Å². The number of nitrogens with zero attached hydrogens (tertiary/aromatic N) is 9. The number of hydrogen-bond acceptors (Lipinski definition) is 7. The third kappa shape index (κ3) is 13.8. The van der Waals surface area contributed by atoms with Crippen molar-refractivity contribution in [2.45, 2.75) is 0 Å². The summed E-state index contributed by atoms with van der Waals surface area (Å²) in [6.45, 7) is 0. The Hall–Kier alpha value is -19.3. The van der Waals surface area contributed by atoms with Crippen LogP contribution in [0.5, 0.6) is 0 Å². The van der Waals surface area contributed by atoms with Gasteiger partial charge in [0.1, 0.15) is 16.9 Å². The summed E-state index contributed by atoms with van der Waals surface area (Å²) < 4.78 is 21.9. The molecule has 7 heterocycles. The fraction of sp³-hybridized carbons (Fsp3) is 0. The summed E-state index contributed by atoms with van der Waals surface area (Å²) in [6.07, 6.45) is 0. The van der Waals surface area contributed by atoms with Crippen molar-refractivity contribution in [1.82, 2.24) is 43.1 Å². The summed E-state index contributed by atoms with van der Waals surface area (Å²) in [6, 6.07) is 180. The molecule has 7 aromatic heterocycles. The average Bonchev–Trinajstić information content (AvgIpc) is 1.60. The monoisotopic (exact) mass is 1890 g/mol. The standard InChI is InChI=1S/C51H30N2.C44H27N5.C41H27N2OP/c1-2-15-35-31(12-1)24-26-42-44-29-33(25-27-47(44)53-48-23-10-9-22-46(48)52-51(53)50(35)42)32-13-11-14-34(28-32)43-30-45-38-18-4-3-16-36(38)37-17-5-7-20-40(37)49(45)41-21-8-6-19-39(41)43;1-3-12-30(13-4-1)41-46-42(31-14-5-2-6-15-31)48-43(47-41)32-21-19-28(20-22-32)33-24-26-38-36(27-33)35-25-23-29-11-7-8-16-34(29)40(35)44-45-37-17-9-10-18-39(37)49(38)44;44-45(31-12-3-1-4-13-31,32-14-5-2-6-15-32)33-23-19-28(20-24-33)30-22-26-38-36(27-30)35-25-21-29-11-7-8-16-34(29)40(35)41-42-37-17-9-10-18-39(37)43(38)41/h1-30H;1-27H;1-27H. The van der Waals surface area contributed by atoms with E-state index in [0.717, 1.165) is 127 Å². The Morgan fingerprint density at radius 3 is 0.857 bits per heavy atom. The van der Waals surface area contributed by atoms with E-state index in [1.54, 1.807) is 0 Å². The zero-order valence-corrected chi connectivity index (χ0v) is 80.3. The molecule has 0 saturated carbocycles. The van der Waals surface area contributed by atoms with Crippen LogP contribution in [0.4, 0.5) is 0 Å². The van der Waals surface area contributed by atoms with Crippen LogP contribution < -0.4 is 15.9 Å². The minimum Gasteiger partial charge on any atom is -0.309 e. The van der Waals surface area contributed by atoms with Gasteiger partial charge in [-0.1, -0.05) is 425 Å². The Labute approximate surface area is 843 Å². The lowest BCUT2D eigenvalue weighted by Gasteiger charge is -2.20. The topological polar surface area (TPSA) is 108 Å². The van der Waals surface area contributed by atoms with E-state index in [-0.39, 0.29) is 0 Å². The molecule has 0 radical (unpaired) electrons. The molecule has 147 heavy (non-hydrogen) atoms. The van der Waals surface area contributed by atoms with E-state index in [0.29, 0.717) is 17.5 Å². The van der Waals surface area contributed by atoms with Gasteiger partial charge in [0, 0.05) is 64.9 Å². The summed E-state index contributed by atoms with van der Waals surface area (Å²) in [5.74, 6) is 1.95. The van der Waals surface area contributed by atoms with E-state index in [1.165, 1.54) is 141 Å². The van der Waals surface area contributed by atoms with Crippen LogP contribution in [0.3, 0.4) is 0 Å². The van der Waals surface area contributed by atoms with Crippen molar-refractivity contribution in [3.8, 4) is 78.7 Å². The molecule has 0 atom stereocenters.